The highest BCUT2D eigenvalue weighted by atomic mass is 19.1. The van der Waals surface area contributed by atoms with Gasteiger partial charge in [0.2, 0.25) is 5.91 Å². The quantitative estimate of drug-likeness (QED) is 0.718. The molecule has 1 aliphatic rings. The van der Waals surface area contributed by atoms with E-state index in [1.165, 1.54) is 12.1 Å². The molecule has 0 unspecified atom stereocenters. The van der Waals surface area contributed by atoms with Gasteiger partial charge in [0, 0.05) is 50.3 Å². The minimum Gasteiger partial charge on any atom is -0.356 e. The number of piperazine rings is 1. The van der Waals surface area contributed by atoms with E-state index in [4.69, 9.17) is 4.52 Å². The van der Waals surface area contributed by atoms with Crippen LogP contribution in [-0.2, 0) is 11.2 Å². The number of nitrogens with zero attached hydrogens (tertiary/aromatic N) is 3. The van der Waals surface area contributed by atoms with Crippen LogP contribution < -0.4 is 5.32 Å². The zero-order valence-electron chi connectivity index (χ0n) is 15.8. The van der Waals surface area contributed by atoms with Crippen molar-refractivity contribution >= 4 is 5.91 Å². The first-order valence-electron chi connectivity index (χ1n) is 9.49. The summed E-state index contributed by atoms with van der Waals surface area (Å²) in [5.74, 6) is 0.327. The van der Waals surface area contributed by atoms with Crippen LogP contribution in [0.25, 0.3) is 11.3 Å². The second-order valence-corrected chi connectivity index (χ2v) is 7.04. The summed E-state index contributed by atoms with van der Waals surface area (Å²) in [7, 11) is 2.15. The van der Waals surface area contributed by atoms with E-state index in [1.54, 1.807) is 18.3 Å². The molecular formula is C20H27FN4O2. The van der Waals surface area contributed by atoms with E-state index in [-0.39, 0.29) is 11.7 Å². The fraction of sp³-hybridized carbons (Fsp3) is 0.500. The van der Waals surface area contributed by atoms with E-state index < -0.39 is 0 Å². The van der Waals surface area contributed by atoms with Gasteiger partial charge in [-0.15, -0.1) is 0 Å². The molecule has 146 valence electrons. The second-order valence-electron chi connectivity index (χ2n) is 7.04. The van der Waals surface area contributed by atoms with Crippen molar-refractivity contribution in [3.63, 3.8) is 0 Å². The Morgan fingerprint density at radius 3 is 2.70 bits per heavy atom. The average molecular weight is 374 g/mol. The molecule has 6 nitrogen and oxygen atoms in total. The Labute approximate surface area is 159 Å². The zero-order valence-corrected chi connectivity index (χ0v) is 15.8. The summed E-state index contributed by atoms with van der Waals surface area (Å²) < 4.78 is 18.3. The third-order valence-electron chi connectivity index (χ3n) is 4.94. The lowest BCUT2D eigenvalue weighted by Gasteiger charge is -2.32. The van der Waals surface area contributed by atoms with E-state index in [0.717, 1.165) is 50.3 Å². The van der Waals surface area contributed by atoms with Gasteiger partial charge in [-0.1, -0.05) is 5.16 Å². The first kappa shape index (κ1) is 19.5. The summed E-state index contributed by atoms with van der Waals surface area (Å²) in [6, 6.07) is 6.07. The molecule has 1 aliphatic heterocycles. The number of carbonyl (C=O) groups is 1. The number of hydrogen-bond acceptors (Lipinski definition) is 5. The molecule has 1 saturated heterocycles. The van der Waals surface area contributed by atoms with Crippen LogP contribution in [0.2, 0.25) is 0 Å². The maximum Gasteiger partial charge on any atom is 0.220 e. The minimum atomic E-state index is -0.296. The van der Waals surface area contributed by atoms with Gasteiger partial charge in [-0.3, -0.25) is 4.79 Å². The van der Waals surface area contributed by atoms with Gasteiger partial charge in [-0.2, -0.15) is 0 Å². The van der Waals surface area contributed by atoms with Crippen LogP contribution in [0.4, 0.5) is 4.39 Å². The monoisotopic (exact) mass is 374 g/mol. The third-order valence-corrected chi connectivity index (χ3v) is 4.94. The molecule has 27 heavy (non-hydrogen) atoms. The van der Waals surface area contributed by atoms with Gasteiger partial charge in [-0.25, -0.2) is 4.39 Å². The van der Waals surface area contributed by atoms with Crippen molar-refractivity contribution in [2.75, 3.05) is 46.3 Å². The summed E-state index contributed by atoms with van der Waals surface area (Å²) in [5, 5.41) is 6.81. The van der Waals surface area contributed by atoms with Crippen LogP contribution >= 0.6 is 0 Å². The third kappa shape index (κ3) is 5.87. The Kier molecular flexibility index (Phi) is 6.95. The molecule has 0 saturated carbocycles. The summed E-state index contributed by atoms with van der Waals surface area (Å²) in [6.07, 6.45) is 3.51. The Bertz CT molecular complexity index is 724. The van der Waals surface area contributed by atoms with Gasteiger partial charge in [0.15, 0.2) is 5.76 Å². The molecule has 0 bridgehead atoms. The molecule has 2 aromatic rings. The predicted octanol–water partition coefficient (Wildman–Crippen LogP) is 2.17. The second kappa shape index (κ2) is 9.62. The van der Waals surface area contributed by atoms with E-state index in [0.29, 0.717) is 25.1 Å². The number of rotatable bonds is 8. The molecule has 0 radical (unpaired) electrons. The summed E-state index contributed by atoms with van der Waals surface area (Å²) in [4.78, 5) is 16.9. The lowest BCUT2D eigenvalue weighted by atomic mass is 10.1. The van der Waals surface area contributed by atoms with Crippen molar-refractivity contribution < 1.29 is 13.7 Å². The Balaban J connectivity index is 1.37. The number of amides is 1. The maximum atomic E-state index is 13.1. The molecule has 1 N–H and O–H groups in total. The van der Waals surface area contributed by atoms with E-state index >= 15 is 0 Å². The highest BCUT2D eigenvalue weighted by molar-refractivity contribution is 5.76. The SMILES string of the molecule is CN1CCN(CCCNC(=O)CCc2cnoc2-c2ccc(F)cc2)CC1. The predicted molar refractivity (Wildman–Crippen MR) is 102 cm³/mol. The Morgan fingerprint density at radius 1 is 1.22 bits per heavy atom. The summed E-state index contributed by atoms with van der Waals surface area (Å²) >= 11 is 0. The highest BCUT2D eigenvalue weighted by Gasteiger charge is 2.14. The number of likely N-dealkylation sites (N-methyl/N-ethyl adjacent to an activating group) is 1. The first-order valence-corrected chi connectivity index (χ1v) is 9.49. The largest absolute Gasteiger partial charge is 0.356 e. The van der Waals surface area contributed by atoms with Crippen LogP contribution in [0.5, 0.6) is 0 Å². The average Bonchev–Trinajstić information content (AvgIpc) is 3.14. The molecule has 0 aliphatic carbocycles. The molecule has 0 spiro atoms. The lowest BCUT2D eigenvalue weighted by molar-refractivity contribution is -0.121. The van der Waals surface area contributed by atoms with E-state index in [9.17, 15) is 9.18 Å². The molecule has 3 rings (SSSR count). The summed E-state index contributed by atoms with van der Waals surface area (Å²) in [5.41, 5.74) is 1.62. The smallest absolute Gasteiger partial charge is 0.220 e. The molecular weight excluding hydrogens is 347 g/mol. The molecule has 2 heterocycles. The standard InChI is InChI=1S/C20H27FN4O2/c1-24-11-13-25(14-12-24)10-2-9-22-19(26)8-5-17-15-23-27-20(17)16-3-6-18(21)7-4-16/h3-4,6-7,15H,2,5,8-14H2,1H3,(H,22,26). The number of nitrogens with one attached hydrogen (secondary N) is 1. The van der Waals surface area contributed by atoms with Gasteiger partial charge >= 0.3 is 0 Å². The summed E-state index contributed by atoms with van der Waals surface area (Å²) in [6.45, 7) is 6.14. The van der Waals surface area contributed by atoms with Gasteiger partial charge in [0.05, 0.1) is 6.20 Å². The number of carbonyl (C=O) groups excluding carboxylic acids is 1. The van der Waals surface area contributed by atoms with Gasteiger partial charge in [0.25, 0.3) is 0 Å². The number of hydrogen-bond donors (Lipinski definition) is 1. The molecule has 1 amide bonds. The van der Waals surface area contributed by atoms with Crippen LogP contribution in [0.1, 0.15) is 18.4 Å². The number of aryl methyl sites for hydroxylation is 1. The maximum absolute atomic E-state index is 13.1. The fourth-order valence-electron chi connectivity index (χ4n) is 3.22. The van der Waals surface area contributed by atoms with Crippen molar-refractivity contribution in [3.8, 4) is 11.3 Å². The van der Waals surface area contributed by atoms with E-state index in [2.05, 4.69) is 27.3 Å². The van der Waals surface area contributed by atoms with Crippen molar-refractivity contribution in [1.82, 2.24) is 20.3 Å². The van der Waals surface area contributed by atoms with Crippen molar-refractivity contribution in [3.05, 3.63) is 41.8 Å². The fourth-order valence-corrected chi connectivity index (χ4v) is 3.22. The number of halogens is 1. The molecule has 1 aromatic heterocycles. The van der Waals surface area contributed by atoms with Gasteiger partial charge in [0.1, 0.15) is 5.82 Å². The lowest BCUT2D eigenvalue weighted by Crippen LogP contribution is -2.45. The van der Waals surface area contributed by atoms with Gasteiger partial charge < -0.3 is 19.6 Å². The van der Waals surface area contributed by atoms with Crippen LogP contribution in [0.3, 0.4) is 0 Å². The molecule has 0 atom stereocenters. The minimum absolute atomic E-state index is 0.0274. The van der Waals surface area contributed by atoms with Crippen LogP contribution in [0, 0.1) is 5.82 Å². The number of aromatic nitrogens is 1. The van der Waals surface area contributed by atoms with Gasteiger partial charge in [-0.05, 0) is 50.7 Å². The topological polar surface area (TPSA) is 61.6 Å². The van der Waals surface area contributed by atoms with E-state index in [1.807, 2.05) is 0 Å². The molecule has 1 fully saturated rings. The normalized spacial score (nSPS) is 15.8. The Morgan fingerprint density at radius 2 is 1.96 bits per heavy atom. The number of benzene rings is 1. The zero-order chi connectivity index (χ0) is 19.1. The molecule has 7 heteroatoms. The molecule has 1 aromatic carbocycles. The van der Waals surface area contributed by atoms with Crippen molar-refractivity contribution in [2.45, 2.75) is 19.3 Å². The Hall–Kier alpha value is -2.25. The van der Waals surface area contributed by atoms with Crippen molar-refractivity contribution in [1.29, 1.82) is 0 Å². The van der Waals surface area contributed by atoms with Crippen molar-refractivity contribution in [2.24, 2.45) is 0 Å². The van der Waals surface area contributed by atoms with Crippen LogP contribution in [0.15, 0.2) is 35.0 Å². The highest BCUT2D eigenvalue weighted by Crippen LogP contribution is 2.24. The van der Waals surface area contributed by atoms with Crippen LogP contribution in [-0.4, -0.2) is 67.2 Å². The first-order chi connectivity index (χ1) is 13.1.